The van der Waals surface area contributed by atoms with Crippen LogP contribution in [0.2, 0.25) is 10.0 Å². The first-order valence-corrected chi connectivity index (χ1v) is 15.2. The van der Waals surface area contributed by atoms with Crippen molar-refractivity contribution < 1.29 is 24.2 Å². The van der Waals surface area contributed by atoms with Gasteiger partial charge in [-0.25, -0.2) is 10.6 Å². The van der Waals surface area contributed by atoms with Crippen LogP contribution in [0.4, 0.5) is 11.4 Å². The predicted octanol–water partition coefficient (Wildman–Crippen LogP) is 5.85. The van der Waals surface area contributed by atoms with Crippen molar-refractivity contribution in [2.45, 2.75) is 52.7 Å². The minimum absolute atomic E-state index is 0.0619. The van der Waals surface area contributed by atoms with E-state index >= 15 is 0 Å². The first-order chi connectivity index (χ1) is 20.9. The fraction of sp³-hybridized carbons (Fsp3) is 0.394. The number of carboxylic acid groups (broad SMARTS) is 1. The fourth-order valence-corrected chi connectivity index (χ4v) is 6.59. The molecule has 0 fully saturated rings. The predicted molar refractivity (Wildman–Crippen MR) is 174 cm³/mol. The Morgan fingerprint density at radius 3 is 2.48 bits per heavy atom. The van der Waals surface area contributed by atoms with Crippen LogP contribution in [0, 0.1) is 12.3 Å². The molecule has 236 valence electrons. The van der Waals surface area contributed by atoms with E-state index in [1.54, 1.807) is 5.01 Å². The van der Waals surface area contributed by atoms with Crippen molar-refractivity contribution in [2.75, 3.05) is 37.5 Å². The molecule has 0 bridgehead atoms. The van der Waals surface area contributed by atoms with E-state index in [1.807, 2.05) is 32.9 Å². The van der Waals surface area contributed by atoms with E-state index in [2.05, 4.69) is 23.5 Å². The van der Waals surface area contributed by atoms with E-state index in [-0.39, 0.29) is 34.1 Å². The van der Waals surface area contributed by atoms with Gasteiger partial charge in [-0.05, 0) is 91.7 Å². The van der Waals surface area contributed by atoms with Crippen molar-refractivity contribution in [1.29, 1.82) is 0 Å². The number of carbonyl (C=O) groups is 2. The number of anilines is 2. The number of hydrazine groups is 1. The summed E-state index contributed by atoms with van der Waals surface area (Å²) < 4.78 is 11.0. The third-order valence-corrected chi connectivity index (χ3v) is 8.91. The number of hydrogen-bond acceptors (Lipinski definition) is 8. The fourth-order valence-electron chi connectivity index (χ4n) is 5.90. The van der Waals surface area contributed by atoms with Crippen molar-refractivity contribution >= 4 is 46.5 Å². The smallest absolute Gasteiger partial charge is 0.338 e. The number of carbonyl (C=O) groups excluding carboxylic acids is 1. The molecule has 1 aliphatic heterocycles. The van der Waals surface area contributed by atoms with Crippen LogP contribution in [0.15, 0.2) is 42.5 Å². The average molecular weight is 644 g/mol. The summed E-state index contributed by atoms with van der Waals surface area (Å²) >= 11 is 12.1. The van der Waals surface area contributed by atoms with Gasteiger partial charge in [0.2, 0.25) is 0 Å². The van der Waals surface area contributed by atoms with Gasteiger partial charge in [-0.1, -0.05) is 47.5 Å². The van der Waals surface area contributed by atoms with Gasteiger partial charge in [-0.15, -0.1) is 0 Å². The quantitative estimate of drug-likeness (QED) is 0.0630. The summed E-state index contributed by atoms with van der Waals surface area (Å²) in [5.74, 6) is 4.65. The molecule has 44 heavy (non-hydrogen) atoms. The van der Waals surface area contributed by atoms with Crippen LogP contribution in [0.25, 0.3) is 0 Å². The Balaban J connectivity index is 1.48. The van der Waals surface area contributed by atoms with Crippen molar-refractivity contribution in [3.63, 3.8) is 0 Å². The second kappa shape index (κ2) is 14.2. The maximum absolute atomic E-state index is 13.1. The molecule has 1 aliphatic rings. The molecule has 0 radical (unpaired) electrons. The van der Waals surface area contributed by atoms with Gasteiger partial charge in [0.05, 0.1) is 46.1 Å². The standard InChI is InChI=1S/C33H40Cl2N4O5/c1-19-24(29(33(2,3)32(42)43-4)22-7-6-21-10-11-38-17-23(21)16-22)8-9-27(30(19)36)39(37)12-5-13-44-18-20-14-25(34)28(31(40)41)26(35)15-20/h6-9,14-16,29,38H,5,10-13,17-18,36-37H2,1-4H3,(H,40,41). The van der Waals surface area contributed by atoms with Crippen LogP contribution in [-0.4, -0.2) is 43.9 Å². The summed E-state index contributed by atoms with van der Waals surface area (Å²) in [6, 6.07) is 13.4. The van der Waals surface area contributed by atoms with Gasteiger partial charge in [0.15, 0.2) is 0 Å². The van der Waals surface area contributed by atoms with Gasteiger partial charge in [0.1, 0.15) is 0 Å². The number of rotatable bonds is 12. The molecule has 6 N–H and O–H groups in total. The number of fused-ring (bicyclic) bond motifs is 1. The molecule has 9 nitrogen and oxygen atoms in total. The lowest BCUT2D eigenvalue weighted by Gasteiger charge is -2.35. The molecule has 11 heteroatoms. The first kappa shape index (κ1) is 33.6. The van der Waals surface area contributed by atoms with E-state index in [9.17, 15) is 14.7 Å². The number of benzene rings is 3. The molecule has 1 heterocycles. The van der Waals surface area contributed by atoms with E-state index in [0.29, 0.717) is 36.5 Å². The van der Waals surface area contributed by atoms with Crippen LogP contribution >= 0.6 is 23.2 Å². The topological polar surface area (TPSA) is 140 Å². The Bertz CT molecular complexity index is 1520. The lowest BCUT2D eigenvalue weighted by molar-refractivity contribution is -0.151. The molecule has 1 unspecified atom stereocenters. The number of methoxy groups -OCH3 is 1. The molecule has 3 aromatic rings. The van der Waals surface area contributed by atoms with Crippen LogP contribution in [-0.2, 0) is 33.8 Å². The zero-order chi connectivity index (χ0) is 32.2. The second-order valence-electron chi connectivity index (χ2n) is 11.7. The van der Waals surface area contributed by atoms with Crippen LogP contribution in [0.1, 0.15) is 69.9 Å². The number of nitrogens with one attached hydrogen (secondary N) is 1. The number of nitrogen functional groups attached to an aromatic ring is 1. The number of carboxylic acids is 1. The lowest BCUT2D eigenvalue weighted by atomic mass is 9.69. The van der Waals surface area contributed by atoms with E-state index in [1.165, 1.54) is 30.4 Å². The molecule has 0 spiro atoms. The second-order valence-corrected chi connectivity index (χ2v) is 12.5. The van der Waals surface area contributed by atoms with Gasteiger partial charge in [0.25, 0.3) is 0 Å². The van der Waals surface area contributed by atoms with Crippen molar-refractivity contribution in [1.82, 2.24) is 5.32 Å². The highest BCUT2D eigenvalue weighted by atomic mass is 35.5. The van der Waals surface area contributed by atoms with Gasteiger partial charge < -0.3 is 30.6 Å². The third-order valence-electron chi connectivity index (χ3n) is 8.31. The highest BCUT2D eigenvalue weighted by Gasteiger charge is 2.41. The number of ether oxygens (including phenoxy) is 2. The van der Waals surface area contributed by atoms with Crippen LogP contribution in [0.5, 0.6) is 0 Å². The van der Waals surface area contributed by atoms with Crippen LogP contribution < -0.4 is 21.9 Å². The lowest BCUT2D eigenvalue weighted by Crippen LogP contribution is -2.35. The first-order valence-electron chi connectivity index (χ1n) is 14.5. The molecule has 0 saturated carbocycles. The molecule has 0 amide bonds. The Labute approximate surface area is 268 Å². The molecule has 0 aromatic heterocycles. The minimum Gasteiger partial charge on any atom is -0.478 e. The number of hydrogen-bond donors (Lipinski definition) is 4. The number of nitrogens with two attached hydrogens (primary N) is 2. The Hall–Kier alpha value is -3.34. The molecule has 3 aromatic carbocycles. The van der Waals surface area contributed by atoms with Crippen molar-refractivity contribution in [2.24, 2.45) is 11.3 Å². The largest absolute Gasteiger partial charge is 0.478 e. The number of aromatic carboxylic acids is 1. The Kier molecular flexibility index (Phi) is 10.8. The summed E-state index contributed by atoms with van der Waals surface area (Å²) in [6.45, 7) is 8.59. The van der Waals surface area contributed by atoms with E-state index < -0.39 is 11.4 Å². The summed E-state index contributed by atoms with van der Waals surface area (Å²) in [5, 5.41) is 14.4. The molecule has 4 rings (SSSR count). The van der Waals surface area contributed by atoms with Crippen molar-refractivity contribution in [3.8, 4) is 0 Å². The normalized spacial score (nSPS) is 13.7. The highest BCUT2D eigenvalue weighted by Crippen LogP contribution is 2.45. The van der Waals surface area contributed by atoms with Crippen LogP contribution in [0.3, 0.4) is 0 Å². The van der Waals surface area contributed by atoms with Gasteiger partial charge in [-0.3, -0.25) is 4.79 Å². The number of esters is 1. The zero-order valence-electron chi connectivity index (χ0n) is 25.5. The molecule has 0 aliphatic carbocycles. The summed E-state index contributed by atoms with van der Waals surface area (Å²) in [6.07, 6.45) is 1.58. The Morgan fingerprint density at radius 2 is 1.82 bits per heavy atom. The van der Waals surface area contributed by atoms with Crippen molar-refractivity contribution in [3.05, 3.63) is 91.5 Å². The van der Waals surface area contributed by atoms with Gasteiger partial charge in [0, 0.05) is 25.6 Å². The molecule has 0 saturated heterocycles. The number of halogens is 2. The molecular formula is C33H40Cl2N4O5. The summed E-state index contributed by atoms with van der Waals surface area (Å²) in [5.41, 5.74) is 13.0. The van der Waals surface area contributed by atoms with Gasteiger partial charge >= 0.3 is 11.9 Å². The third kappa shape index (κ3) is 7.14. The van der Waals surface area contributed by atoms with E-state index in [0.717, 1.165) is 36.2 Å². The number of nitrogens with zero attached hydrogens (tertiary/aromatic N) is 1. The SMILES string of the molecule is COC(=O)C(C)(C)C(c1ccc2c(c1)CNCC2)c1ccc(N(N)CCCOCc2cc(Cl)c(C(=O)O)c(Cl)c2)c(N)c1C. The minimum atomic E-state index is -1.18. The molecular weight excluding hydrogens is 603 g/mol. The summed E-state index contributed by atoms with van der Waals surface area (Å²) in [4.78, 5) is 24.4. The zero-order valence-corrected chi connectivity index (χ0v) is 27.0. The van der Waals surface area contributed by atoms with E-state index in [4.69, 9.17) is 44.3 Å². The summed E-state index contributed by atoms with van der Waals surface area (Å²) in [7, 11) is 1.41. The maximum Gasteiger partial charge on any atom is 0.338 e. The average Bonchev–Trinajstić information content (AvgIpc) is 2.98. The van der Waals surface area contributed by atoms with Gasteiger partial charge in [-0.2, -0.15) is 0 Å². The highest BCUT2D eigenvalue weighted by molar-refractivity contribution is 6.39. The maximum atomic E-state index is 13.1. The molecule has 1 atom stereocenters. The monoisotopic (exact) mass is 642 g/mol. The Morgan fingerprint density at radius 1 is 1.11 bits per heavy atom.